The lowest BCUT2D eigenvalue weighted by Crippen LogP contribution is -2.40. The van der Waals surface area contributed by atoms with Gasteiger partial charge in [0.1, 0.15) is 0 Å². The zero-order valence-electron chi connectivity index (χ0n) is 18.9. The van der Waals surface area contributed by atoms with E-state index in [4.69, 9.17) is 0 Å². The minimum Gasteiger partial charge on any atom is -0.331 e. The second-order valence-electron chi connectivity index (χ2n) is 9.43. The summed E-state index contributed by atoms with van der Waals surface area (Å²) in [6, 6.07) is 32.1. The number of carbonyl (C=O) groups is 1. The summed E-state index contributed by atoms with van der Waals surface area (Å²) < 4.78 is 0. The molecule has 0 bridgehead atoms. The van der Waals surface area contributed by atoms with Gasteiger partial charge >= 0.3 is 0 Å². The standard InChI is InChI=1S/C31H27NO/c1-21-8-6-9-22(16-21)20-32(27-18-23-10-2-3-11-24(23)19-27)31(33)29-15-7-13-26-17-25-12-4-5-14-28(25)30(26)29/h2-16,27H,17-20H2,1H3. The first-order valence-corrected chi connectivity index (χ1v) is 11.8. The number of nitrogens with zero attached hydrogens (tertiary/aromatic N) is 1. The SMILES string of the molecule is Cc1cccc(CN(C(=O)c2cccc3c2-c2ccccc2C3)C2Cc3ccccc3C2)c1. The van der Waals surface area contributed by atoms with E-state index in [1.54, 1.807) is 0 Å². The lowest BCUT2D eigenvalue weighted by Gasteiger charge is -2.30. The third-order valence-electron chi connectivity index (χ3n) is 7.22. The van der Waals surface area contributed by atoms with Crippen molar-refractivity contribution >= 4 is 5.91 Å². The van der Waals surface area contributed by atoms with Crippen LogP contribution in [0, 0.1) is 6.92 Å². The minimum absolute atomic E-state index is 0.142. The molecule has 2 nitrogen and oxygen atoms in total. The number of fused-ring (bicyclic) bond motifs is 4. The van der Waals surface area contributed by atoms with E-state index in [1.807, 2.05) is 12.1 Å². The molecule has 0 unspecified atom stereocenters. The third-order valence-corrected chi connectivity index (χ3v) is 7.22. The van der Waals surface area contributed by atoms with Gasteiger partial charge in [-0.15, -0.1) is 0 Å². The maximum Gasteiger partial charge on any atom is 0.255 e. The topological polar surface area (TPSA) is 20.3 Å². The van der Waals surface area contributed by atoms with E-state index in [-0.39, 0.29) is 11.9 Å². The van der Waals surface area contributed by atoms with Crippen LogP contribution < -0.4 is 0 Å². The first-order valence-electron chi connectivity index (χ1n) is 11.8. The van der Waals surface area contributed by atoms with Crippen LogP contribution in [0.2, 0.25) is 0 Å². The number of aryl methyl sites for hydroxylation is 1. The van der Waals surface area contributed by atoms with E-state index < -0.39 is 0 Å². The molecule has 33 heavy (non-hydrogen) atoms. The summed E-state index contributed by atoms with van der Waals surface area (Å²) in [6.07, 6.45) is 2.73. The van der Waals surface area contributed by atoms with Gasteiger partial charge in [-0.25, -0.2) is 0 Å². The van der Waals surface area contributed by atoms with Gasteiger partial charge in [0.05, 0.1) is 0 Å². The van der Waals surface area contributed by atoms with E-state index >= 15 is 0 Å². The van der Waals surface area contributed by atoms with E-state index in [2.05, 4.69) is 90.7 Å². The first-order chi connectivity index (χ1) is 16.2. The fourth-order valence-electron chi connectivity index (χ4n) is 5.65. The molecule has 4 aromatic carbocycles. The van der Waals surface area contributed by atoms with Crippen LogP contribution in [0.5, 0.6) is 0 Å². The average Bonchev–Trinajstić information content (AvgIpc) is 3.43. The molecule has 0 fully saturated rings. The van der Waals surface area contributed by atoms with Gasteiger partial charge in [0.15, 0.2) is 0 Å². The molecule has 0 heterocycles. The second-order valence-corrected chi connectivity index (χ2v) is 9.43. The van der Waals surface area contributed by atoms with Crippen LogP contribution in [-0.2, 0) is 25.8 Å². The number of rotatable bonds is 4. The lowest BCUT2D eigenvalue weighted by atomic mass is 9.97. The maximum atomic E-state index is 14.3. The predicted molar refractivity (Wildman–Crippen MR) is 133 cm³/mol. The summed E-state index contributed by atoms with van der Waals surface area (Å²) in [5, 5.41) is 0. The van der Waals surface area contributed by atoms with Gasteiger partial charge in [-0.2, -0.15) is 0 Å². The largest absolute Gasteiger partial charge is 0.331 e. The van der Waals surface area contributed by atoms with Crippen molar-refractivity contribution in [1.82, 2.24) is 4.90 Å². The van der Waals surface area contributed by atoms with Crippen molar-refractivity contribution in [3.8, 4) is 11.1 Å². The van der Waals surface area contributed by atoms with Crippen molar-refractivity contribution in [2.75, 3.05) is 0 Å². The number of benzene rings is 4. The van der Waals surface area contributed by atoms with E-state index in [0.717, 1.165) is 30.4 Å². The summed E-state index contributed by atoms with van der Waals surface area (Å²) in [6.45, 7) is 2.74. The molecule has 0 aliphatic heterocycles. The molecule has 0 saturated carbocycles. The molecule has 2 aliphatic carbocycles. The molecule has 2 heteroatoms. The molecule has 6 rings (SSSR count). The third kappa shape index (κ3) is 3.56. The summed E-state index contributed by atoms with van der Waals surface area (Å²) in [7, 11) is 0. The Bertz CT molecular complexity index is 1340. The Balaban J connectivity index is 1.41. The van der Waals surface area contributed by atoms with Crippen LogP contribution >= 0.6 is 0 Å². The highest BCUT2D eigenvalue weighted by molar-refractivity contribution is 6.03. The average molecular weight is 430 g/mol. The number of carbonyl (C=O) groups excluding carboxylic acids is 1. The molecule has 0 spiro atoms. The molecule has 2 aliphatic rings. The van der Waals surface area contributed by atoms with Crippen LogP contribution in [0.4, 0.5) is 0 Å². The van der Waals surface area contributed by atoms with Gasteiger partial charge in [0.25, 0.3) is 5.91 Å². The van der Waals surface area contributed by atoms with Gasteiger partial charge in [-0.3, -0.25) is 4.79 Å². The minimum atomic E-state index is 0.142. The molecular weight excluding hydrogens is 402 g/mol. The fourth-order valence-corrected chi connectivity index (χ4v) is 5.65. The zero-order chi connectivity index (χ0) is 22.4. The Morgan fingerprint density at radius 2 is 1.45 bits per heavy atom. The number of hydrogen-bond donors (Lipinski definition) is 0. The van der Waals surface area contributed by atoms with Crippen LogP contribution in [0.1, 0.15) is 43.7 Å². The summed E-state index contributed by atoms with van der Waals surface area (Å²) in [4.78, 5) is 16.4. The Kier molecular flexibility index (Phi) is 4.87. The van der Waals surface area contributed by atoms with E-state index in [1.165, 1.54) is 38.9 Å². The summed E-state index contributed by atoms with van der Waals surface area (Å²) >= 11 is 0. The van der Waals surface area contributed by atoms with E-state index in [9.17, 15) is 4.79 Å². The molecule has 0 aromatic heterocycles. The van der Waals surface area contributed by atoms with Crippen LogP contribution in [-0.4, -0.2) is 16.8 Å². The number of hydrogen-bond acceptors (Lipinski definition) is 1. The molecule has 162 valence electrons. The molecule has 0 N–H and O–H groups in total. The van der Waals surface area contributed by atoms with Crippen molar-refractivity contribution in [3.63, 3.8) is 0 Å². The van der Waals surface area contributed by atoms with E-state index in [0.29, 0.717) is 6.54 Å². The molecular formula is C31H27NO. The molecule has 0 saturated heterocycles. The van der Waals surface area contributed by atoms with Crippen molar-refractivity contribution in [2.45, 2.75) is 38.8 Å². The van der Waals surface area contributed by atoms with Crippen molar-refractivity contribution < 1.29 is 4.79 Å². The predicted octanol–water partition coefficient (Wildman–Crippen LogP) is 6.38. The summed E-state index contributed by atoms with van der Waals surface area (Å²) in [5.74, 6) is 0.142. The molecule has 0 radical (unpaired) electrons. The highest BCUT2D eigenvalue weighted by Crippen LogP contribution is 2.40. The normalized spacial score (nSPS) is 14.0. The van der Waals surface area contributed by atoms with Crippen LogP contribution in [0.25, 0.3) is 11.1 Å². The second kappa shape index (κ2) is 8.04. The van der Waals surface area contributed by atoms with Gasteiger partial charge in [-0.1, -0.05) is 90.5 Å². The summed E-state index contributed by atoms with van der Waals surface area (Å²) in [5.41, 5.74) is 10.9. The fraction of sp³-hybridized carbons (Fsp3) is 0.194. The maximum absolute atomic E-state index is 14.3. The van der Waals surface area contributed by atoms with Crippen molar-refractivity contribution in [3.05, 3.63) is 130 Å². The molecule has 0 atom stereocenters. The number of amides is 1. The quantitative estimate of drug-likeness (QED) is 0.325. The van der Waals surface area contributed by atoms with Crippen molar-refractivity contribution in [1.29, 1.82) is 0 Å². The van der Waals surface area contributed by atoms with Gasteiger partial charge in [0, 0.05) is 18.2 Å². The Morgan fingerprint density at radius 1 is 0.788 bits per heavy atom. The van der Waals surface area contributed by atoms with Crippen LogP contribution in [0.3, 0.4) is 0 Å². The monoisotopic (exact) mass is 429 g/mol. The first kappa shape index (κ1) is 20.0. The Hall–Kier alpha value is -3.65. The van der Waals surface area contributed by atoms with Gasteiger partial charge < -0.3 is 4.90 Å². The smallest absolute Gasteiger partial charge is 0.255 e. The highest BCUT2D eigenvalue weighted by atomic mass is 16.2. The lowest BCUT2D eigenvalue weighted by molar-refractivity contribution is 0.0668. The molecule has 1 amide bonds. The van der Waals surface area contributed by atoms with Crippen LogP contribution in [0.15, 0.2) is 91.0 Å². The van der Waals surface area contributed by atoms with Crippen molar-refractivity contribution in [2.24, 2.45) is 0 Å². The molecule has 4 aromatic rings. The zero-order valence-corrected chi connectivity index (χ0v) is 18.9. The Labute approximate surface area is 195 Å². The van der Waals surface area contributed by atoms with Gasteiger partial charge in [-0.05, 0) is 71.2 Å². The highest BCUT2D eigenvalue weighted by Gasteiger charge is 2.33. The van der Waals surface area contributed by atoms with Gasteiger partial charge in [0.2, 0.25) is 0 Å². The Morgan fingerprint density at radius 3 is 2.21 bits per heavy atom.